The third kappa shape index (κ3) is 2.43. The first-order valence-electron chi connectivity index (χ1n) is 6.33. The van der Waals surface area contributed by atoms with E-state index in [0.29, 0.717) is 22.2 Å². The number of benzene rings is 2. The van der Waals surface area contributed by atoms with Gasteiger partial charge in [0.2, 0.25) is 0 Å². The predicted octanol–water partition coefficient (Wildman–Crippen LogP) is 3.18. The van der Waals surface area contributed by atoms with Crippen LogP contribution < -0.4 is 5.73 Å². The first-order chi connectivity index (χ1) is 10.1. The lowest BCUT2D eigenvalue weighted by atomic mass is 10.1. The van der Waals surface area contributed by atoms with Crippen LogP contribution in [0.25, 0.3) is 16.9 Å². The Balaban J connectivity index is 2.11. The third-order valence-corrected chi connectivity index (χ3v) is 3.43. The Kier molecular flexibility index (Phi) is 3.27. The molecule has 21 heavy (non-hydrogen) atoms. The van der Waals surface area contributed by atoms with Crippen molar-refractivity contribution in [1.82, 2.24) is 15.0 Å². The van der Waals surface area contributed by atoms with E-state index in [2.05, 4.69) is 10.3 Å². The van der Waals surface area contributed by atoms with Crippen LogP contribution in [0.5, 0.6) is 5.75 Å². The monoisotopic (exact) mass is 300 g/mol. The fraction of sp³-hybridized carbons (Fsp3) is 0.0667. The van der Waals surface area contributed by atoms with Gasteiger partial charge in [-0.15, -0.1) is 5.10 Å². The van der Waals surface area contributed by atoms with Gasteiger partial charge in [0.05, 0.1) is 0 Å². The van der Waals surface area contributed by atoms with Crippen molar-refractivity contribution in [3.8, 4) is 22.7 Å². The van der Waals surface area contributed by atoms with Gasteiger partial charge in [-0.25, -0.2) is 0 Å². The van der Waals surface area contributed by atoms with E-state index in [1.165, 1.54) is 4.68 Å². The normalized spacial score (nSPS) is 10.8. The number of nitrogens with two attached hydrogens (primary N) is 1. The van der Waals surface area contributed by atoms with E-state index >= 15 is 0 Å². The summed E-state index contributed by atoms with van der Waals surface area (Å²) in [6, 6.07) is 12.4. The van der Waals surface area contributed by atoms with Crippen molar-refractivity contribution in [2.75, 3.05) is 5.73 Å². The van der Waals surface area contributed by atoms with Crippen LogP contribution >= 0.6 is 11.6 Å². The Morgan fingerprint density at radius 1 is 1.14 bits per heavy atom. The second kappa shape index (κ2) is 5.10. The number of halogens is 1. The van der Waals surface area contributed by atoms with Gasteiger partial charge >= 0.3 is 0 Å². The van der Waals surface area contributed by atoms with E-state index in [0.717, 1.165) is 11.1 Å². The molecule has 3 rings (SSSR count). The molecule has 0 saturated heterocycles. The van der Waals surface area contributed by atoms with Gasteiger partial charge in [-0.05, 0) is 36.8 Å². The van der Waals surface area contributed by atoms with Crippen LogP contribution in [-0.4, -0.2) is 20.1 Å². The van der Waals surface area contributed by atoms with E-state index in [-0.39, 0.29) is 5.75 Å². The van der Waals surface area contributed by atoms with Crippen molar-refractivity contribution in [2.45, 2.75) is 6.92 Å². The van der Waals surface area contributed by atoms with Gasteiger partial charge in [0.15, 0.2) is 5.82 Å². The van der Waals surface area contributed by atoms with Gasteiger partial charge in [0.1, 0.15) is 17.1 Å². The highest BCUT2D eigenvalue weighted by Crippen LogP contribution is 2.29. The lowest BCUT2D eigenvalue weighted by molar-refractivity contribution is 0.470. The van der Waals surface area contributed by atoms with E-state index in [1.807, 2.05) is 25.1 Å². The molecule has 3 N–H and O–H groups in total. The van der Waals surface area contributed by atoms with Gasteiger partial charge in [0.25, 0.3) is 0 Å². The second-order valence-electron chi connectivity index (χ2n) is 4.73. The van der Waals surface area contributed by atoms with Gasteiger partial charge in [-0.2, -0.15) is 4.68 Å². The van der Waals surface area contributed by atoms with Crippen molar-refractivity contribution in [2.24, 2.45) is 0 Å². The van der Waals surface area contributed by atoms with Crippen LogP contribution in [0.2, 0.25) is 5.02 Å². The molecule has 0 bridgehead atoms. The molecule has 0 spiro atoms. The molecule has 1 heterocycles. The lowest BCUT2D eigenvalue weighted by Crippen LogP contribution is -2.03. The number of nitrogen functional groups attached to an aromatic ring is 1. The Morgan fingerprint density at radius 2 is 1.86 bits per heavy atom. The molecule has 0 saturated carbocycles. The van der Waals surface area contributed by atoms with Crippen molar-refractivity contribution >= 4 is 17.4 Å². The molecule has 1 aromatic heterocycles. The predicted molar refractivity (Wildman–Crippen MR) is 82.6 cm³/mol. The topological polar surface area (TPSA) is 77.0 Å². The molecule has 5 nitrogen and oxygen atoms in total. The largest absolute Gasteiger partial charge is 0.506 e. The first kappa shape index (κ1) is 13.5. The molecule has 6 heteroatoms. The van der Waals surface area contributed by atoms with Crippen molar-refractivity contribution in [3.05, 3.63) is 53.1 Å². The number of phenolic OH excluding ortho intramolecular Hbond substituents is 1. The zero-order chi connectivity index (χ0) is 15.0. The Morgan fingerprint density at radius 3 is 2.57 bits per heavy atom. The molecule has 106 valence electrons. The van der Waals surface area contributed by atoms with Crippen LogP contribution in [-0.2, 0) is 0 Å². The average Bonchev–Trinajstić information content (AvgIpc) is 2.84. The number of anilines is 1. The summed E-state index contributed by atoms with van der Waals surface area (Å²) in [5.74, 6) is 0.457. The van der Waals surface area contributed by atoms with Gasteiger partial charge in [-0.3, -0.25) is 0 Å². The molecule has 0 atom stereocenters. The maximum absolute atomic E-state index is 9.97. The van der Waals surface area contributed by atoms with E-state index < -0.39 is 0 Å². The Hall–Kier alpha value is -2.53. The lowest BCUT2D eigenvalue weighted by Gasteiger charge is -2.07. The summed E-state index contributed by atoms with van der Waals surface area (Å²) in [6.07, 6.45) is 0. The molecule has 0 unspecified atom stereocenters. The summed E-state index contributed by atoms with van der Waals surface area (Å²) in [6.45, 7) is 1.93. The molecule has 2 aromatic carbocycles. The zero-order valence-corrected chi connectivity index (χ0v) is 12.0. The van der Waals surface area contributed by atoms with Crippen molar-refractivity contribution in [1.29, 1.82) is 0 Å². The average molecular weight is 301 g/mol. The molecular formula is C15H13ClN4O. The summed E-state index contributed by atoms with van der Waals surface area (Å²) in [5.41, 5.74) is 8.97. The molecule has 0 fully saturated rings. The minimum absolute atomic E-state index is 0.0971. The highest BCUT2D eigenvalue weighted by Gasteiger charge is 2.15. The number of aromatic hydroxyl groups is 1. The second-order valence-corrected chi connectivity index (χ2v) is 5.17. The number of hydrogen-bond donors (Lipinski definition) is 2. The number of hydrogen-bond acceptors (Lipinski definition) is 4. The molecule has 0 amide bonds. The molecule has 0 radical (unpaired) electrons. The SMILES string of the molecule is Cc1ccc(O)c(-n2nnc(-c3ccc(Cl)cc3)c2N)c1. The molecule has 0 aliphatic rings. The number of aryl methyl sites for hydroxylation is 1. The molecule has 0 aliphatic carbocycles. The van der Waals surface area contributed by atoms with Gasteiger partial charge < -0.3 is 10.8 Å². The third-order valence-electron chi connectivity index (χ3n) is 3.18. The Labute approximate surface area is 126 Å². The van der Waals surface area contributed by atoms with E-state index in [1.54, 1.807) is 24.3 Å². The van der Waals surface area contributed by atoms with E-state index in [4.69, 9.17) is 17.3 Å². The standard InChI is InChI=1S/C15H13ClN4O/c1-9-2-7-13(21)12(8-9)20-15(17)14(18-19-20)10-3-5-11(16)6-4-10/h2-8,21H,17H2,1H3. The molecule has 0 aliphatic heterocycles. The minimum Gasteiger partial charge on any atom is -0.506 e. The fourth-order valence-electron chi connectivity index (χ4n) is 2.08. The highest BCUT2D eigenvalue weighted by atomic mass is 35.5. The van der Waals surface area contributed by atoms with Gasteiger partial charge in [-0.1, -0.05) is 35.0 Å². The van der Waals surface area contributed by atoms with E-state index in [9.17, 15) is 5.11 Å². The number of phenols is 1. The first-order valence-corrected chi connectivity index (χ1v) is 6.71. The Bertz CT molecular complexity index is 796. The maximum Gasteiger partial charge on any atom is 0.156 e. The van der Waals surface area contributed by atoms with Crippen LogP contribution in [0.3, 0.4) is 0 Å². The van der Waals surface area contributed by atoms with Crippen LogP contribution in [0.1, 0.15) is 5.56 Å². The summed E-state index contributed by atoms with van der Waals surface area (Å²) >= 11 is 5.87. The quantitative estimate of drug-likeness (QED) is 0.762. The number of nitrogens with zero attached hydrogens (tertiary/aromatic N) is 3. The summed E-state index contributed by atoms with van der Waals surface area (Å²) in [5, 5.41) is 18.7. The van der Waals surface area contributed by atoms with Crippen LogP contribution in [0.4, 0.5) is 5.82 Å². The maximum atomic E-state index is 9.97. The van der Waals surface area contributed by atoms with Crippen molar-refractivity contribution < 1.29 is 5.11 Å². The fourth-order valence-corrected chi connectivity index (χ4v) is 2.21. The number of aromatic nitrogens is 3. The van der Waals surface area contributed by atoms with Crippen LogP contribution in [0.15, 0.2) is 42.5 Å². The van der Waals surface area contributed by atoms with Gasteiger partial charge in [0, 0.05) is 10.6 Å². The highest BCUT2D eigenvalue weighted by molar-refractivity contribution is 6.30. The molecule has 3 aromatic rings. The molecular weight excluding hydrogens is 288 g/mol. The zero-order valence-electron chi connectivity index (χ0n) is 11.3. The minimum atomic E-state index is 0.0971. The van der Waals surface area contributed by atoms with Crippen LogP contribution in [0, 0.1) is 6.92 Å². The summed E-state index contributed by atoms with van der Waals surface area (Å²) in [7, 11) is 0. The smallest absolute Gasteiger partial charge is 0.156 e. The summed E-state index contributed by atoms with van der Waals surface area (Å²) < 4.78 is 1.42. The number of rotatable bonds is 2. The summed E-state index contributed by atoms with van der Waals surface area (Å²) in [4.78, 5) is 0. The van der Waals surface area contributed by atoms with Crippen molar-refractivity contribution in [3.63, 3.8) is 0 Å².